The molecule has 0 atom stereocenters. The number of nitrogens with zero attached hydrogens (tertiary/aromatic N) is 2. The van der Waals surface area contributed by atoms with E-state index < -0.39 is 4.92 Å². The van der Waals surface area contributed by atoms with E-state index in [2.05, 4.69) is 10.3 Å². The summed E-state index contributed by atoms with van der Waals surface area (Å²) in [7, 11) is 0. The van der Waals surface area contributed by atoms with Gasteiger partial charge < -0.3 is 10.4 Å². The van der Waals surface area contributed by atoms with Gasteiger partial charge in [0.2, 0.25) is 0 Å². The Bertz CT molecular complexity index is 377. The van der Waals surface area contributed by atoms with E-state index in [-0.39, 0.29) is 17.8 Å². The molecule has 1 heterocycles. The highest BCUT2D eigenvalue weighted by atomic mass is 16.6. The van der Waals surface area contributed by atoms with Crippen LogP contribution in [-0.4, -0.2) is 27.2 Å². The highest BCUT2D eigenvalue weighted by Crippen LogP contribution is 2.24. The molecule has 0 bridgehead atoms. The van der Waals surface area contributed by atoms with Gasteiger partial charge in [-0.2, -0.15) is 0 Å². The third-order valence-corrected chi connectivity index (χ3v) is 2.42. The Hall–Kier alpha value is -1.69. The fourth-order valence-electron chi connectivity index (χ4n) is 1.53. The Morgan fingerprint density at radius 1 is 1.60 bits per heavy atom. The van der Waals surface area contributed by atoms with Crippen LogP contribution in [-0.2, 0) is 0 Å². The summed E-state index contributed by atoms with van der Waals surface area (Å²) in [6.07, 6.45) is 2.49. The van der Waals surface area contributed by atoms with Gasteiger partial charge in [-0.05, 0) is 12.8 Å². The van der Waals surface area contributed by atoms with Gasteiger partial charge in [-0.3, -0.25) is 10.1 Å². The molecule has 0 unspecified atom stereocenters. The maximum atomic E-state index is 10.5. The first kappa shape index (κ1) is 9.85. The Balaban J connectivity index is 2.02. The van der Waals surface area contributed by atoms with Gasteiger partial charge in [0.15, 0.2) is 0 Å². The van der Waals surface area contributed by atoms with Crippen LogP contribution in [0.25, 0.3) is 0 Å². The van der Waals surface area contributed by atoms with Crippen LogP contribution in [0.1, 0.15) is 12.8 Å². The summed E-state index contributed by atoms with van der Waals surface area (Å²) in [6.45, 7) is 0. The predicted molar refractivity (Wildman–Crippen MR) is 53.5 cm³/mol. The molecule has 0 amide bonds. The van der Waals surface area contributed by atoms with E-state index >= 15 is 0 Å². The zero-order valence-corrected chi connectivity index (χ0v) is 7.96. The second kappa shape index (κ2) is 3.82. The summed E-state index contributed by atoms with van der Waals surface area (Å²) >= 11 is 0. The Morgan fingerprint density at radius 2 is 2.33 bits per heavy atom. The van der Waals surface area contributed by atoms with Crippen molar-refractivity contribution in [2.45, 2.75) is 25.0 Å². The molecule has 6 nitrogen and oxygen atoms in total. The molecule has 1 saturated carbocycles. The van der Waals surface area contributed by atoms with Crippen LogP contribution in [0.5, 0.6) is 0 Å². The van der Waals surface area contributed by atoms with Crippen LogP contribution in [0.4, 0.5) is 11.5 Å². The average Bonchev–Trinajstić information content (AvgIpc) is 2.16. The van der Waals surface area contributed by atoms with Crippen LogP contribution in [0, 0.1) is 10.1 Å². The first-order valence-corrected chi connectivity index (χ1v) is 4.70. The van der Waals surface area contributed by atoms with Crippen molar-refractivity contribution in [3.8, 4) is 0 Å². The maximum absolute atomic E-state index is 10.5. The summed E-state index contributed by atoms with van der Waals surface area (Å²) in [5, 5.41) is 22.6. The zero-order chi connectivity index (χ0) is 10.8. The minimum absolute atomic E-state index is 0.0207. The molecule has 0 radical (unpaired) electrons. The Labute approximate surface area is 86.1 Å². The van der Waals surface area contributed by atoms with E-state index in [1.54, 1.807) is 0 Å². The third kappa shape index (κ3) is 2.21. The van der Waals surface area contributed by atoms with Crippen molar-refractivity contribution in [3.63, 3.8) is 0 Å². The number of nitro groups is 1. The number of aliphatic hydroxyl groups is 1. The number of hydrogen-bond acceptors (Lipinski definition) is 5. The van der Waals surface area contributed by atoms with E-state index in [4.69, 9.17) is 5.11 Å². The smallest absolute Gasteiger partial charge is 0.274 e. The summed E-state index contributed by atoms with van der Waals surface area (Å²) < 4.78 is 0. The van der Waals surface area contributed by atoms with Gasteiger partial charge >= 0.3 is 0 Å². The predicted octanol–water partition coefficient (Wildman–Crippen LogP) is 0.925. The molecule has 80 valence electrons. The number of rotatable bonds is 3. The molecule has 0 saturated heterocycles. The topological polar surface area (TPSA) is 88.3 Å². The molecule has 0 aromatic carbocycles. The lowest BCUT2D eigenvalue weighted by atomic mass is 9.89. The standard InChI is InChI=1S/C9H11N3O3/c13-8-3-6(4-8)11-9-5-7(12(14)15)1-2-10-9/h1-2,5-6,8,13H,3-4H2,(H,10,11). The minimum Gasteiger partial charge on any atom is -0.393 e. The molecule has 1 aromatic heterocycles. The van der Waals surface area contributed by atoms with Crippen molar-refractivity contribution in [2.75, 3.05) is 5.32 Å². The quantitative estimate of drug-likeness (QED) is 0.571. The molecule has 6 heteroatoms. The van der Waals surface area contributed by atoms with E-state index in [0.717, 1.165) is 0 Å². The highest BCUT2D eigenvalue weighted by Gasteiger charge is 2.27. The van der Waals surface area contributed by atoms with Crippen molar-refractivity contribution in [3.05, 3.63) is 28.4 Å². The monoisotopic (exact) mass is 209 g/mol. The molecule has 0 spiro atoms. The van der Waals surface area contributed by atoms with Gasteiger partial charge in [-0.1, -0.05) is 0 Å². The summed E-state index contributed by atoms with van der Waals surface area (Å²) in [5.74, 6) is 0.487. The molecule has 1 fully saturated rings. The highest BCUT2D eigenvalue weighted by molar-refractivity contribution is 5.45. The lowest BCUT2D eigenvalue weighted by Crippen LogP contribution is -2.39. The molecular weight excluding hydrogens is 198 g/mol. The maximum Gasteiger partial charge on any atom is 0.274 e. The molecule has 0 aliphatic heterocycles. The van der Waals surface area contributed by atoms with E-state index in [9.17, 15) is 10.1 Å². The minimum atomic E-state index is -0.456. The molecule has 2 rings (SSSR count). The summed E-state index contributed by atoms with van der Waals surface area (Å²) in [4.78, 5) is 14.0. The van der Waals surface area contributed by atoms with Crippen LogP contribution < -0.4 is 5.32 Å². The van der Waals surface area contributed by atoms with Gasteiger partial charge in [0.25, 0.3) is 5.69 Å². The first-order chi connectivity index (χ1) is 7.15. The average molecular weight is 209 g/mol. The van der Waals surface area contributed by atoms with Crippen molar-refractivity contribution in [2.24, 2.45) is 0 Å². The molecule has 2 N–H and O–H groups in total. The largest absolute Gasteiger partial charge is 0.393 e. The van der Waals surface area contributed by atoms with Crippen LogP contribution in [0.3, 0.4) is 0 Å². The number of aliphatic hydroxyl groups excluding tert-OH is 1. The molecule has 1 aliphatic rings. The third-order valence-electron chi connectivity index (χ3n) is 2.42. The van der Waals surface area contributed by atoms with Gasteiger partial charge in [0.1, 0.15) is 5.82 Å². The summed E-state index contributed by atoms with van der Waals surface area (Å²) in [6, 6.07) is 2.92. The van der Waals surface area contributed by atoms with Crippen molar-refractivity contribution < 1.29 is 10.0 Å². The molecule has 15 heavy (non-hydrogen) atoms. The normalized spacial score (nSPS) is 24.3. The van der Waals surface area contributed by atoms with Gasteiger partial charge in [0.05, 0.1) is 17.1 Å². The van der Waals surface area contributed by atoms with Crippen molar-refractivity contribution in [1.82, 2.24) is 4.98 Å². The lowest BCUT2D eigenvalue weighted by Gasteiger charge is -2.32. The van der Waals surface area contributed by atoms with Crippen molar-refractivity contribution >= 4 is 11.5 Å². The summed E-state index contributed by atoms with van der Waals surface area (Å²) in [5.41, 5.74) is 0.0207. The van der Waals surface area contributed by atoms with E-state index in [1.807, 2.05) is 0 Å². The van der Waals surface area contributed by atoms with Gasteiger partial charge in [0, 0.05) is 18.3 Å². The van der Waals surface area contributed by atoms with Gasteiger partial charge in [-0.25, -0.2) is 4.98 Å². The van der Waals surface area contributed by atoms with Crippen LogP contribution in [0.15, 0.2) is 18.3 Å². The van der Waals surface area contributed by atoms with E-state index in [1.165, 1.54) is 18.3 Å². The fourth-order valence-corrected chi connectivity index (χ4v) is 1.53. The number of pyridine rings is 1. The fraction of sp³-hybridized carbons (Fsp3) is 0.444. The van der Waals surface area contributed by atoms with Gasteiger partial charge in [-0.15, -0.1) is 0 Å². The van der Waals surface area contributed by atoms with Crippen LogP contribution in [0.2, 0.25) is 0 Å². The second-order valence-corrected chi connectivity index (χ2v) is 3.62. The van der Waals surface area contributed by atoms with Crippen LogP contribution >= 0.6 is 0 Å². The number of aromatic nitrogens is 1. The molecular formula is C9H11N3O3. The zero-order valence-electron chi connectivity index (χ0n) is 7.96. The Kier molecular flexibility index (Phi) is 2.51. The molecule has 1 aromatic rings. The number of anilines is 1. The molecule has 1 aliphatic carbocycles. The SMILES string of the molecule is O=[N+]([O-])c1ccnc(NC2CC(O)C2)c1. The lowest BCUT2D eigenvalue weighted by molar-refractivity contribution is -0.384. The first-order valence-electron chi connectivity index (χ1n) is 4.70. The Morgan fingerprint density at radius 3 is 2.93 bits per heavy atom. The van der Waals surface area contributed by atoms with Crippen molar-refractivity contribution in [1.29, 1.82) is 0 Å². The number of hydrogen-bond donors (Lipinski definition) is 2. The van der Waals surface area contributed by atoms with E-state index in [0.29, 0.717) is 18.7 Å². The second-order valence-electron chi connectivity index (χ2n) is 3.62. The number of nitrogens with one attached hydrogen (secondary N) is 1.